The molecule has 0 saturated carbocycles. The molecule has 0 bridgehead atoms. The SMILES string of the molecule is COC(=O)c1ccccc1S(=O)(=O)NC(=O)N1NC=CC1c1ccc([N+](=O)[O-])cc1. The lowest BCUT2D eigenvalue weighted by Crippen LogP contribution is -2.47. The number of rotatable bonds is 5. The Morgan fingerprint density at radius 3 is 2.47 bits per heavy atom. The number of amides is 2. The fourth-order valence-electron chi connectivity index (χ4n) is 2.82. The summed E-state index contributed by atoms with van der Waals surface area (Å²) in [6, 6.07) is 9.06. The van der Waals surface area contributed by atoms with Crippen LogP contribution in [0.5, 0.6) is 0 Å². The lowest BCUT2D eigenvalue weighted by atomic mass is 10.1. The number of hydrogen-bond donors (Lipinski definition) is 2. The van der Waals surface area contributed by atoms with Crippen LogP contribution in [-0.4, -0.2) is 37.5 Å². The highest BCUT2D eigenvalue weighted by Gasteiger charge is 2.31. The standard InChI is InChI=1S/C18H16N4O7S/c1-29-17(23)14-4-2-3-5-16(14)30(27,28)20-18(24)21-15(10-11-19-21)12-6-8-13(9-7-12)22(25)26/h2-11,15,19H,1H3,(H,20,24). The largest absolute Gasteiger partial charge is 0.465 e. The number of nitrogens with one attached hydrogen (secondary N) is 2. The van der Waals surface area contributed by atoms with E-state index in [-0.39, 0.29) is 11.3 Å². The van der Waals surface area contributed by atoms with Gasteiger partial charge in [-0.1, -0.05) is 12.1 Å². The number of sulfonamides is 1. The second-order valence-corrected chi connectivity index (χ2v) is 7.70. The van der Waals surface area contributed by atoms with Gasteiger partial charge in [0.05, 0.1) is 23.6 Å². The number of nitro groups is 1. The number of hydrazine groups is 1. The van der Waals surface area contributed by atoms with Crippen molar-refractivity contribution in [2.45, 2.75) is 10.9 Å². The van der Waals surface area contributed by atoms with Crippen LogP contribution in [0, 0.1) is 10.1 Å². The fraction of sp³-hybridized carbons (Fsp3) is 0.111. The molecule has 0 radical (unpaired) electrons. The van der Waals surface area contributed by atoms with Gasteiger partial charge in [-0.25, -0.2) is 27.7 Å². The molecular formula is C18H16N4O7S. The summed E-state index contributed by atoms with van der Waals surface area (Å²) in [7, 11) is -3.30. The Labute approximate surface area is 171 Å². The molecule has 11 nitrogen and oxygen atoms in total. The van der Waals surface area contributed by atoms with Crippen molar-refractivity contribution in [1.29, 1.82) is 0 Å². The van der Waals surface area contributed by atoms with E-state index >= 15 is 0 Å². The third kappa shape index (κ3) is 4.07. The molecule has 2 aromatic rings. The zero-order chi connectivity index (χ0) is 21.9. The van der Waals surface area contributed by atoms with Crippen molar-refractivity contribution < 1.29 is 27.7 Å². The van der Waals surface area contributed by atoms with Crippen LogP contribution in [-0.2, 0) is 14.8 Å². The van der Waals surface area contributed by atoms with Gasteiger partial charge in [0.1, 0.15) is 4.90 Å². The van der Waals surface area contributed by atoms with E-state index in [1.54, 1.807) is 6.08 Å². The minimum absolute atomic E-state index is 0.119. The molecule has 2 amide bonds. The van der Waals surface area contributed by atoms with Crippen molar-refractivity contribution in [3.05, 3.63) is 82.0 Å². The number of non-ortho nitro benzene ring substituents is 1. The van der Waals surface area contributed by atoms with E-state index in [9.17, 15) is 28.1 Å². The maximum atomic E-state index is 12.7. The van der Waals surface area contributed by atoms with E-state index in [4.69, 9.17) is 0 Å². The van der Waals surface area contributed by atoms with Crippen LogP contribution in [0.15, 0.2) is 65.7 Å². The highest BCUT2D eigenvalue weighted by Crippen LogP contribution is 2.26. The quantitative estimate of drug-likeness (QED) is 0.413. The number of methoxy groups -OCH3 is 1. The van der Waals surface area contributed by atoms with Crippen molar-refractivity contribution in [3.63, 3.8) is 0 Å². The third-order valence-corrected chi connectivity index (χ3v) is 5.62. The average Bonchev–Trinajstić information content (AvgIpc) is 3.23. The summed E-state index contributed by atoms with van der Waals surface area (Å²) in [4.78, 5) is 34.3. The molecule has 1 aliphatic rings. The van der Waals surface area contributed by atoms with Gasteiger partial charge in [0.15, 0.2) is 0 Å². The molecule has 1 aliphatic heterocycles. The zero-order valence-corrected chi connectivity index (χ0v) is 16.3. The van der Waals surface area contributed by atoms with Crippen LogP contribution in [0.2, 0.25) is 0 Å². The van der Waals surface area contributed by atoms with Gasteiger partial charge in [-0.3, -0.25) is 10.1 Å². The minimum atomic E-state index is -4.41. The lowest BCUT2D eigenvalue weighted by molar-refractivity contribution is -0.384. The molecule has 1 atom stereocenters. The van der Waals surface area contributed by atoms with E-state index < -0.39 is 37.9 Å². The van der Waals surface area contributed by atoms with Gasteiger partial charge >= 0.3 is 12.0 Å². The zero-order valence-electron chi connectivity index (χ0n) is 15.5. The van der Waals surface area contributed by atoms with E-state index in [1.165, 1.54) is 54.7 Å². The maximum Gasteiger partial charge on any atom is 0.350 e. The Balaban J connectivity index is 1.83. The molecule has 0 saturated heterocycles. The molecule has 0 spiro atoms. The molecule has 3 rings (SSSR count). The van der Waals surface area contributed by atoms with Gasteiger partial charge in [0.2, 0.25) is 0 Å². The van der Waals surface area contributed by atoms with Gasteiger partial charge in [-0.05, 0) is 35.9 Å². The Morgan fingerprint density at radius 2 is 1.83 bits per heavy atom. The van der Waals surface area contributed by atoms with Crippen LogP contribution < -0.4 is 10.1 Å². The third-order valence-electron chi connectivity index (χ3n) is 4.24. The molecule has 1 heterocycles. The second kappa shape index (κ2) is 8.21. The Morgan fingerprint density at radius 1 is 1.17 bits per heavy atom. The normalized spacial score (nSPS) is 15.4. The van der Waals surface area contributed by atoms with Crippen molar-refractivity contribution in [2.75, 3.05) is 7.11 Å². The van der Waals surface area contributed by atoms with E-state index in [0.717, 1.165) is 12.1 Å². The summed E-state index contributed by atoms with van der Waals surface area (Å²) in [6.45, 7) is 0. The molecule has 0 aliphatic carbocycles. The van der Waals surface area contributed by atoms with E-state index in [1.807, 2.05) is 4.72 Å². The summed E-state index contributed by atoms with van der Waals surface area (Å²) >= 11 is 0. The molecular weight excluding hydrogens is 416 g/mol. The Bertz CT molecular complexity index is 1130. The van der Waals surface area contributed by atoms with Crippen molar-refractivity contribution >= 4 is 27.7 Å². The molecule has 0 fully saturated rings. The number of nitrogens with zero attached hydrogens (tertiary/aromatic N) is 2. The molecule has 12 heteroatoms. The molecule has 0 aromatic heterocycles. The summed E-state index contributed by atoms with van der Waals surface area (Å²) < 4.78 is 31.9. The van der Waals surface area contributed by atoms with Gasteiger partial charge in [0.25, 0.3) is 15.7 Å². The van der Waals surface area contributed by atoms with Crippen molar-refractivity contribution in [3.8, 4) is 0 Å². The number of urea groups is 1. The molecule has 2 aromatic carbocycles. The molecule has 156 valence electrons. The smallest absolute Gasteiger partial charge is 0.350 e. The van der Waals surface area contributed by atoms with Crippen molar-refractivity contribution in [2.24, 2.45) is 0 Å². The monoisotopic (exact) mass is 432 g/mol. The molecule has 2 N–H and O–H groups in total. The molecule has 30 heavy (non-hydrogen) atoms. The first-order valence-electron chi connectivity index (χ1n) is 8.45. The van der Waals surface area contributed by atoms with Crippen molar-refractivity contribution in [1.82, 2.24) is 15.2 Å². The number of benzene rings is 2. The number of hydrogen-bond acceptors (Lipinski definition) is 8. The summed E-state index contributed by atoms with van der Waals surface area (Å²) in [6.07, 6.45) is 3.01. The fourth-order valence-corrected chi connectivity index (χ4v) is 3.95. The Hall–Kier alpha value is -3.93. The first-order valence-corrected chi connectivity index (χ1v) is 9.93. The lowest BCUT2D eigenvalue weighted by Gasteiger charge is -2.25. The highest BCUT2D eigenvalue weighted by atomic mass is 32.2. The number of carbonyl (C=O) groups excluding carboxylic acids is 2. The van der Waals surface area contributed by atoms with Crippen LogP contribution in [0.1, 0.15) is 22.0 Å². The number of carbonyl (C=O) groups is 2. The van der Waals surface area contributed by atoms with Crippen LogP contribution in [0.3, 0.4) is 0 Å². The van der Waals surface area contributed by atoms with Gasteiger partial charge in [0, 0.05) is 18.3 Å². The summed E-state index contributed by atoms with van der Waals surface area (Å²) in [5.41, 5.74) is 2.79. The molecule has 1 unspecified atom stereocenters. The predicted octanol–water partition coefficient (Wildman–Crippen LogP) is 1.85. The van der Waals surface area contributed by atoms with Gasteiger partial charge < -0.3 is 10.2 Å². The van der Waals surface area contributed by atoms with Crippen LogP contribution in [0.25, 0.3) is 0 Å². The van der Waals surface area contributed by atoms with Crippen LogP contribution >= 0.6 is 0 Å². The van der Waals surface area contributed by atoms with E-state index in [2.05, 4.69) is 10.2 Å². The van der Waals surface area contributed by atoms with Gasteiger partial charge in [-0.15, -0.1) is 0 Å². The summed E-state index contributed by atoms with van der Waals surface area (Å²) in [5.74, 6) is -0.867. The number of esters is 1. The van der Waals surface area contributed by atoms with Crippen LogP contribution in [0.4, 0.5) is 10.5 Å². The van der Waals surface area contributed by atoms with E-state index in [0.29, 0.717) is 5.56 Å². The first-order chi connectivity index (χ1) is 14.2. The summed E-state index contributed by atoms with van der Waals surface area (Å²) in [5, 5.41) is 11.8. The topological polar surface area (TPSA) is 148 Å². The first kappa shape index (κ1) is 20.8. The maximum absolute atomic E-state index is 12.7. The minimum Gasteiger partial charge on any atom is -0.465 e. The predicted molar refractivity (Wildman–Crippen MR) is 103 cm³/mol. The number of nitro benzene ring substituents is 1. The Kier molecular flexibility index (Phi) is 5.69. The number of ether oxygens (including phenoxy) is 1. The van der Waals surface area contributed by atoms with Gasteiger partial charge in [-0.2, -0.15) is 0 Å². The average molecular weight is 432 g/mol. The highest BCUT2D eigenvalue weighted by molar-refractivity contribution is 7.90. The second-order valence-electron chi connectivity index (χ2n) is 6.05.